The lowest BCUT2D eigenvalue weighted by atomic mass is 10.1. The molecule has 0 fully saturated rings. The van der Waals surface area contributed by atoms with Gasteiger partial charge < -0.3 is 15.2 Å². The van der Waals surface area contributed by atoms with Crippen LogP contribution in [0.1, 0.15) is 33.3 Å². The van der Waals surface area contributed by atoms with Crippen LogP contribution in [0.15, 0.2) is 23.6 Å². The lowest BCUT2D eigenvalue weighted by molar-refractivity contribution is 0.0209. The molecule has 1 amide bonds. The summed E-state index contributed by atoms with van der Waals surface area (Å²) >= 11 is 0. The van der Waals surface area contributed by atoms with Crippen molar-refractivity contribution in [3.63, 3.8) is 0 Å². The van der Waals surface area contributed by atoms with Gasteiger partial charge in [-0.05, 0) is 27.7 Å². The fourth-order valence-electron chi connectivity index (χ4n) is 2.47. The average molecular weight is 349 g/mol. The van der Waals surface area contributed by atoms with Gasteiger partial charge in [-0.25, -0.2) is 9.48 Å². The van der Waals surface area contributed by atoms with Gasteiger partial charge in [-0.2, -0.15) is 5.10 Å². The molecule has 138 valence electrons. The zero-order chi connectivity index (χ0) is 18.6. The molecule has 8 heteroatoms. The highest BCUT2D eigenvalue weighted by Gasteiger charge is 2.31. The minimum Gasteiger partial charge on any atom is -0.444 e. The van der Waals surface area contributed by atoms with E-state index >= 15 is 0 Å². The molecule has 0 unspecified atom stereocenters. The summed E-state index contributed by atoms with van der Waals surface area (Å²) in [5.41, 5.74) is 7.52. The van der Waals surface area contributed by atoms with Gasteiger partial charge in [0.2, 0.25) is 0 Å². The van der Waals surface area contributed by atoms with Crippen LogP contribution in [-0.2, 0) is 16.1 Å². The third-order valence-corrected chi connectivity index (χ3v) is 3.67. The SMILES string of the molecule is COCc1cnn(C(=CN)C2=NC[C@H](C)N(C(=O)OC(C)(C)C)C2)c1. The Labute approximate surface area is 148 Å². The van der Waals surface area contributed by atoms with Crippen molar-refractivity contribution < 1.29 is 14.3 Å². The zero-order valence-electron chi connectivity index (χ0n) is 15.5. The van der Waals surface area contributed by atoms with Gasteiger partial charge in [0.05, 0.1) is 37.6 Å². The standard InChI is InChI=1S/C17H27N5O3/c1-12-7-19-14(10-21(12)16(23)25-17(2,3)4)15(6-18)22-9-13(8-20-22)11-24-5/h6,8-9,12H,7,10-11,18H2,1-5H3/t12-/m0/s1. The van der Waals surface area contributed by atoms with Crippen LogP contribution < -0.4 is 5.73 Å². The van der Waals surface area contributed by atoms with Gasteiger partial charge in [0.15, 0.2) is 0 Å². The van der Waals surface area contributed by atoms with E-state index < -0.39 is 5.60 Å². The summed E-state index contributed by atoms with van der Waals surface area (Å²) in [5, 5.41) is 4.30. The molecule has 0 radical (unpaired) electrons. The summed E-state index contributed by atoms with van der Waals surface area (Å²) in [4.78, 5) is 18.7. The second kappa shape index (κ2) is 7.69. The van der Waals surface area contributed by atoms with Crippen molar-refractivity contribution in [3.8, 4) is 0 Å². The Kier molecular flexibility index (Phi) is 5.84. The molecule has 0 spiro atoms. The molecule has 0 aromatic carbocycles. The average Bonchev–Trinajstić information content (AvgIpc) is 2.96. The second-order valence-corrected chi connectivity index (χ2v) is 7.02. The molecule has 1 aliphatic rings. The predicted octanol–water partition coefficient (Wildman–Crippen LogP) is 1.87. The summed E-state index contributed by atoms with van der Waals surface area (Å²) in [6.45, 7) is 8.76. The fourth-order valence-corrected chi connectivity index (χ4v) is 2.47. The Bertz CT molecular complexity index is 672. The van der Waals surface area contributed by atoms with Crippen molar-refractivity contribution in [1.29, 1.82) is 0 Å². The first-order valence-corrected chi connectivity index (χ1v) is 8.23. The summed E-state index contributed by atoms with van der Waals surface area (Å²) in [6, 6.07) is -0.0423. The van der Waals surface area contributed by atoms with Crippen LogP contribution in [-0.4, -0.2) is 58.3 Å². The first-order valence-electron chi connectivity index (χ1n) is 8.23. The molecule has 0 saturated heterocycles. The molecular weight excluding hydrogens is 322 g/mol. The Morgan fingerprint density at radius 3 is 2.80 bits per heavy atom. The smallest absolute Gasteiger partial charge is 0.410 e. The van der Waals surface area contributed by atoms with Crippen molar-refractivity contribution in [1.82, 2.24) is 14.7 Å². The molecule has 0 bridgehead atoms. The van der Waals surface area contributed by atoms with E-state index in [1.165, 1.54) is 6.20 Å². The first-order chi connectivity index (χ1) is 11.7. The number of ether oxygens (including phenoxy) is 2. The Balaban J connectivity index is 2.18. The van der Waals surface area contributed by atoms with Crippen LogP contribution in [0.2, 0.25) is 0 Å². The van der Waals surface area contributed by atoms with Crippen LogP contribution in [0.3, 0.4) is 0 Å². The van der Waals surface area contributed by atoms with Gasteiger partial charge in [0, 0.05) is 25.1 Å². The van der Waals surface area contributed by atoms with Crippen molar-refractivity contribution in [2.45, 2.75) is 45.9 Å². The molecule has 0 saturated carbocycles. The molecule has 0 aliphatic carbocycles. The van der Waals surface area contributed by atoms with E-state index in [1.54, 1.807) is 22.9 Å². The van der Waals surface area contributed by atoms with Gasteiger partial charge in [0.1, 0.15) is 11.3 Å². The monoisotopic (exact) mass is 349 g/mol. The number of amides is 1. The summed E-state index contributed by atoms with van der Waals surface area (Å²) in [6.07, 6.45) is 4.64. The Morgan fingerprint density at radius 2 is 2.20 bits per heavy atom. The summed E-state index contributed by atoms with van der Waals surface area (Å²) in [7, 11) is 1.63. The van der Waals surface area contributed by atoms with E-state index in [4.69, 9.17) is 15.2 Å². The second-order valence-electron chi connectivity index (χ2n) is 7.02. The molecular formula is C17H27N5O3. The number of aliphatic imine (C=N–C) groups is 1. The van der Waals surface area contributed by atoms with E-state index in [0.717, 1.165) is 5.56 Å². The predicted molar refractivity (Wildman–Crippen MR) is 96.1 cm³/mol. The number of hydrogen-bond donors (Lipinski definition) is 1. The number of nitrogens with zero attached hydrogens (tertiary/aromatic N) is 4. The minimum atomic E-state index is -0.546. The molecule has 1 aromatic rings. The number of carbonyl (C=O) groups excluding carboxylic acids is 1. The van der Waals surface area contributed by atoms with Gasteiger partial charge in [-0.15, -0.1) is 0 Å². The maximum absolute atomic E-state index is 12.5. The van der Waals surface area contributed by atoms with Gasteiger partial charge in [0.25, 0.3) is 0 Å². The number of rotatable bonds is 4. The van der Waals surface area contributed by atoms with E-state index in [2.05, 4.69) is 10.1 Å². The lowest BCUT2D eigenvalue weighted by Crippen LogP contribution is -2.49. The van der Waals surface area contributed by atoms with E-state index in [0.29, 0.717) is 31.1 Å². The Hall–Kier alpha value is -2.35. The van der Waals surface area contributed by atoms with Crippen molar-refractivity contribution >= 4 is 17.5 Å². The van der Waals surface area contributed by atoms with Crippen LogP contribution >= 0.6 is 0 Å². The number of hydrogen-bond acceptors (Lipinski definition) is 6. The van der Waals surface area contributed by atoms with Gasteiger partial charge >= 0.3 is 6.09 Å². The van der Waals surface area contributed by atoms with E-state index in [9.17, 15) is 4.79 Å². The molecule has 1 aromatic heterocycles. The normalized spacial score (nSPS) is 18.9. The quantitative estimate of drug-likeness (QED) is 0.895. The summed E-state index contributed by atoms with van der Waals surface area (Å²) < 4.78 is 12.2. The number of carbonyl (C=O) groups is 1. The largest absolute Gasteiger partial charge is 0.444 e. The topological polar surface area (TPSA) is 95.0 Å². The third-order valence-electron chi connectivity index (χ3n) is 3.67. The van der Waals surface area contributed by atoms with E-state index in [1.807, 2.05) is 33.9 Å². The summed E-state index contributed by atoms with van der Waals surface area (Å²) in [5.74, 6) is 0. The van der Waals surface area contributed by atoms with E-state index in [-0.39, 0.29) is 12.1 Å². The minimum absolute atomic E-state index is 0.0423. The molecule has 2 heterocycles. The van der Waals surface area contributed by atoms with Crippen LogP contribution in [0.5, 0.6) is 0 Å². The highest BCUT2D eigenvalue weighted by atomic mass is 16.6. The first kappa shape index (κ1) is 19.0. The fraction of sp³-hybridized carbons (Fsp3) is 0.588. The highest BCUT2D eigenvalue weighted by molar-refractivity contribution is 6.20. The maximum Gasteiger partial charge on any atom is 0.410 e. The number of aromatic nitrogens is 2. The third kappa shape index (κ3) is 4.82. The molecule has 1 aliphatic heterocycles. The lowest BCUT2D eigenvalue weighted by Gasteiger charge is -2.34. The Morgan fingerprint density at radius 1 is 1.48 bits per heavy atom. The van der Waals surface area contributed by atoms with Crippen LogP contribution in [0.25, 0.3) is 5.70 Å². The number of methoxy groups -OCH3 is 1. The molecule has 2 rings (SSSR count). The zero-order valence-corrected chi connectivity index (χ0v) is 15.5. The number of nitrogens with two attached hydrogens (primary N) is 1. The van der Waals surface area contributed by atoms with Crippen LogP contribution in [0, 0.1) is 0 Å². The molecule has 25 heavy (non-hydrogen) atoms. The van der Waals surface area contributed by atoms with Gasteiger partial charge in [-0.1, -0.05) is 0 Å². The van der Waals surface area contributed by atoms with Crippen molar-refractivity contribution in [3.05, 3.63) is 24.2 Å². The van der Waals surface area contributed by atoms with Crippen LogP contribution in [0.4, 0.5) is 4.79 Å². The molecule has 8 nitrogen and oxygen atoms in total. The van der Waals surface area contributed by atoms with Gasteiger partial charge in [-0.3, -0.25) is 9.89 Å². The van der Waals surface area contributed by atoms with Crippen molar-refractivity contribution in [2.24, 2.45) is 10.7 Å². The maximum atomic E-state index is 12.5. The van der Waals surface area contributed by atoms with Crippen molar-refractivity contribution in [2.75, 3.05) is 20.2 Å². The molecule has 1 atom stereocenters. The molecule has 2 N–H and O–H groups in total. The highest BCUT2D eigenvalue weighted by Crippen LogP contribution is 2.18.